The fraction of sp³-hybridized carbons (Fsp3) is 0.519. The highest BCUT2D eigenvalue weighted by Gasteiger charge is 2.78. The van der Waals surface area contributed by atoms with Gasteiger partial charge in [-0.15, -0.1) is 6.58 Å². The molecule has 2 bridgehead atoms. The molecule has 0 saturated carbocycles. The van der Waals surface area contributed by atoms with E-state index in [1.165, 1.54) is 11.0 Å². The topological polar surface area (TPSA) is 96.4 Å². The maximum absolute atomic E-state index is 14.3. The Morgan fingerprint density at radius 3 is 2.54 bits per heavy atom. The molecule has 188 valence electrons. The summed E-state index contributed by atoms with van der Waals surface area (Å²) in [6.45, 7) is 13.0. The van der Waals surface area contributed by atoms with Crippen molar-refractivity contribution in [3.8, 4) is 0 Å². The lowest BCUT2D eigenvalue weighted by molar-refractivity contribution is -0.158. The number of hydrogen-bond donors (Lipinski definition) is 1. The van der Waals surface area contributed by atoms with E-state index >= 15 is 0 Å². The first-order valence-electron chi connectivity index (χ1n) is 12.0. The number of carbonyl (C=O) groups excluding carboxylic acids is 3. The number of nitrogens with zero attached hydrogens (tertiary/aromatic N) is 2. The summed E-state index contributed by atoms with van der Waals surface area (Å²) >= 11 is 0. The summed E-state index contributed by atoms with van der Waals surface area (Å²) in [5.74, 6) is -2.89. The minimum Gasteiger partial charge on any atom is -0.461 e. The van der Waals surface area contributed by atoms with Gasteiger partial charge in [-0.2, -0.15) is 0 Å². The average Bonchev–Trinajstić information content (AvgIpc) is 3.38. The molecule has 2 unspecified atom stereocenters. The number of para-hydroxylation sites is 1. The number of fused-ring (bicyclic) bond motifs is 1. The van der Waals surface area contributed by atoms with Crippen molar-refractivity contribution in [1.82, 2.24) is 4.90 Å². The summed E-state index contributed by atoms with van der Waals surface area (Å²) in [7, 11) is 0. The van der Waals surface area contributed by atoms with E-state index in [0.29, 0.717) is 12.8 Å². The summed E-state index contributed by atoms with van der Waals surface area (Å²) in [6, 6.07) is 4.81. The molecular formula is C27H34N2O6. The summed E-state index contributed by atoms with van der Waals surface area (Å²) in [5.41, 5.74) is 0.508. The van der Waals surface area contributed by atoms with Crippen molar-refractivity contribution in [3.63, 3.8) is 0 Å². The standard InChI is InChI=1S/C27H34N2O6/c1-6-13-28(21-17(3)9-8-10-18(21)4)24(32)22-27-12-11-26(5,35-27)20(25(33)34-16-7-2)19(27)23(31)29(22)14-15-30/h6-10,19-20,22,30H,1-2,11-16H2,3-5H3/t19-,20-,22?,26+,27?/m0/s1. The van der Waals surface area contributed by atoms with E-state index in [1.54, 1.807) is 11.0 Å². The van der Waals surface area contributed by atoms with E-state index in [2.05, 4.69) is 13.2 Å². The van der Waals surface area contributed by atoms with Gasteiger partial charge in [-0.3, -0.25) is 14.4 Å². The van der Waals surface area contributed by atoms with Gasteiger partial charge in [0, 0.05) is 18.8 Å². The van der Waals surface area contributed by atoms with Crippen LogP contribution in [0.25, 0.3) is 0 Å². The Morgan fingerprint density at radius 1 is 1.26 bits per heavy atom. The summed E-state index contributed by atoms with van der Waals surface area (Å²) < 4.78 is 11.9. The Hall–Kier alpha value is -2.97. The average molecular weight is 483 g/mol. The van der Waals surface area contributed by atoms with Gasteiger partial charge in [-0.25, -0.2) is 0 Å². The lowest BCUT2D eigenvalue weighted by Gasteiger charge is -2.37. The zero-order valence-corrected chi connectivity index (χ0v) is 20.7. The summed E-state index contributed by atoms with van der Waals surface area (Å²) in [6.07, 6.45) is 4.10. The molecule has 1 aromatic carbocycles. The lowest BCUT2D eigenvalue weighted by Crippen LogP contribution is -2.57. The van der Waals surface area contributed by atoms with Crippen LogP contribution in [0.2, 0.25) is 0 Å². The number of ether oxygens (including phenoxy) is 2. The number of likely N-dealkylation sites (tertiary alicyclic amines) is 1. The van der Waals surface area contributed by atoms with Crippen LogP contribution in [0.5, 0.6) is 0 Å². The Labute approximate surface area is 206 Å². The Balaban J connectivity index is 1.81. The van der Waals surface area contributed by atoms with Crippen molar-refractivity contribution in [2.24, 2.45) is 11.8 Å². The van der Waals surface area contributed by atoms with E-state index in [-0.39, 0.29) is 38.1 Å². The van der Waals surface area contributed by atoms with Gasteiger partial charge < -0.3 is 24.4 Å². The minimum absolute atomic E-state index is 0.0295. The number of esters is 1. The Bertz CT molecular complexity index is 1050. The quantitative estimate of drug-likeness (QED) is 0.429. The zero-order valence-electron chi connectivity index (χ0n) is 20.7. The molecule has 1 aromatic rings. The molecule has 3 aliphatic heterocycles. The molecular weight excluding hydrogens is 448 g/mol. The number of anilines is 1. The molecule has 5 atom stereocenters. The van der Waals surface area contributed by atoms with Crippen LogP contribution >= 0.6 is 0 Å². The molecule has 8 nitrogen and oxygen atoms in total. The van der Waals surface area contributed by atoms with Gasteiger partial charge in [0.2, 0.25) is 5.91 Å². The van der Waals surface area contributed by atoms with Crippen LogP contribution in [0.4, 0.5) is 5.69 Å². The van der Waals surface area contributed by atoms with Gasteiger partial charge >= 0.3 is 5.97 Å². The van der Waals surface area contributed by atoms with Crippen LogP contribution in [-0.2, 0) is 23.9 Å². The summed E-state index contributed by atoms with van der Waals surface area (Å²) in [5, 5.41) is 9.78. The molecule has 1 N–H and O–H groups in total. The minimum atomic E-state index is -1.17. The first-order chi connectivity index (χ1) is 16.7. The second-order valence-corrected chi connectivity index (χ2v) is 9.88. The van der Waals surface area contributed by atoms with Crippen molar-refractivity contribution >= 4 is 23.5 Å². The van der Waals surface area contributed by atoms with Crippen molar-refractivity contribution < 1.29 is 29.0 Å². The molecule has 3 fully saturated rings. The number of benzene rings is 1. The molecule has 4 rings (SSSR count). The largest absolute Gasteiger partial charge is 0.461 e. The predicted octanol–water partition coefficient (Wildman–Crippen LogP) is 2.31. The van der Waals surface area contributed by atoms with Crippen LogP contribution in [0.1, 0.15) is 30.9 Å². The van der Waals surface area contributed by atoms with Crippen LogP contribution < -0.4 is 4.90 Å². The van der Waals surface area contributed by atoms with Gasteiger partial charge in [-0.05, 0) is 44.7 Å². The van der Waals surface area contributed by atoms with Gasteiger partial charge in [0.15, 0.2) is 0 Å². The zero-order chi connectivity index (χ0) is 25.5. The van der Waals surface area contributed by atoms with Gasteiger partial charge in [-0.1, -0.05) is 36.9 Å². The van der Waals surface area contributed by atoms with Crippen LogP contribution in [0, 0.1) is 25.7 Å². The molecule has 3 saturated heterocycles. The first-order valence-corrected chi connectivity index (χ1v) is 12.0. The molecule has 0 aliphatic carbocycles. The number of aliphatic hydroxyl groups excluding tert-OH is 1. The van der Waals surface area contributed by atoms with Crippen molar-refractivity contribution in [2.75, 3.05) is 31.2 Å². The molecule has 0 aromatic heterocycles. The molecule has 2 amide bonds. The summed E-state index contributed by atoms with van der Waals surface area (Å²) in [4.78, 5) is 44.2. The van der Waals surface area contributed by atoms with Crippen molar-refractivity contribution in [3.05, 3.63) is 54.6 Å². The Morgan fingerprint density at radius 2 is 1.94 bits per heavy atom. The number of aryl methyl sites for hydroxylation is 2. The number of rotatable bonds is 9. The smallest absolute Gasteiger partial charge is 0.313 e. The third-order valence-electron chi connectivity index (χ3n) is 7.74. The highest BCUT2D eigenvalue weighted by atomic mass is 16.6. The van der Waals surface area contributed by atoms with Crippen molar-refractivity contribution in [2.45, 2.75) is 50.9 Å². The van der Waals surface area contributed by atoms with E-state index < -0.39 is 35.0 Å². The third kappa shape index (κ3) is 3.70. The molecule has 3 heterocycles. The fourth-order valence-electron chi connectivity index (χ4n) is 6.44. The number of β-amino-alcohol motifs (C(OH)–C–C–N with tert-alkyl or cyclic N) is 1. The second kappa shape index (κ2) is 9.24. The highest BCUT2D eigenvalue weighted by Crippen LogP contribution is 2.63. The predicted molar refractivity (Wildman–Crippen MR) is 131 cm³/mol. The fourth-order valence-corrected chi connectivity index (χ4v) is 6.44. The molecule has 3 aliphatic rings. The molecule has 1 spiro atoms. The third-order valence-corrected chi connectivity index (χ3v) is 7.74. The maximum atomic E-state index is 14.3. The number of amides is 2. The molecule has 35 heavy (non-hydrogen) atoms. The maximum Gasteiger partial charge on any atom is 0.313 e. The van der Waals surface area contributed by atoms with E-state index in [9.17, 15) is 19.5 Å². The lowest BCUT2D eigenvalue weighted by atomic mass is 9.66. The number of carbonyl (C=O) groups is 3. The SMILES string of the molecule is C=CCOC(=O)[C@@H]1[C@H]2C(=O)N(CCO)C(C(=O)N(CC=C)c3c(C)cccc3C)C23CC[C@@]1(C)O3. The molecule has 8 heteroatoms. The normalized spacial score (nSPS) is 30.8. The highest BCUT2D eigenvalue weighted by molar-refractivity contribution is 6.05. The van der Waals surface area contributed by atoms with Crippen LogP contribution in [-0.4, -0.2) is 71.3 Å². The first kappa shape index (κ1) is 25.1. The van der Waals surface area contributed by atoms with E-state index in [4.69, 9.17) is 9.47 Å². The Kier molecular flexibility index (Phi) is 6.64. The van der Waals surface area contributed by atoms with Gasteiger partial charge in [0.05, 0.1) is 18.1 Å². The second-order valence-electron chi connectivity index (χ2n) is 9.88. The van der Waals surface area contributed by atoms with E-state index in [1.807, 2.05) is 39.0 Å². The number of hydrogen-bond acceptors (Lipinski definition) is 6. The van der Waals surface area contributed by atoms with E-state index in [0.717, 1.165) is 16.8 Å². The van der Waals surface area contributed by atoms with Gasteiger partial charge in [0.25, 0.3) is 5.91 Å². The van der Waals surface area contributed by atoms with Crippen LogP contribution in [0.15, 0.2) is 43.5 Å². The van der Waals surface area contributed by atoms with Crippen molar-refractivity contribution in [1.29, 1.82) is 0 Å². The number of aliphatic hydroxyl groups is 1. The monoisotopic (exact) mass is 482 g/mol. The van der Waals surface area contributed by atoms with Crippen LogP contribution in [0.3, 0.4) is 0 Å². The molecule has 0 radical (unpaired) electrons. The van der Waals surface area contributed by atoms with Gasteiger partial charge in [0.1, 0.15) is 24.2 Å².